The molecule has 10 heteroatoms. The fourth-order valence-corrected chi connectivity index (χ4v) is 5.79. The van der Waals surface area contributed by atoms with Crippen LogP contribution in [-0.2, 0) is 14.8 Å². The van der Waals surface area contributed by atoms with Crippen LogP contribution in [0.3, 0.4) is 0 Å². The maximum Gasteiger partial charge on any atom is 0.304 e. The molecule has 0 saturated heterocycles. The third kappa shape index (κ3) is 4.59. The van der Waals surface area contributed by atoms with E-state index in [0.29, 0.717) is 30.8 Å². The normalized spacial score (nSPS) is 15.0. The Morgan fingerprint density at radius 2 is 1.56 bits per heavy atom. The van der Waals surface area contributed by atoms with Crippen molar-refractivity contribution in [3.63, 3.8) is 0 Å². The van der Waals surface area contributed by atoms with Crippen molar-refractivity contribution in [2.24, 2.45) is 0 Å². The molecule has 2 aromatic carbocycles. The Morgan fingerprint density at radius 3 is 2.06 bits per heavy atom. The number of aliphatic carboxylic acids is 1. The van der Waals surface area contributed by atoms with Crippen LogP contribution in [0.25, 0.3) is 0 Å². The molecule has 0 unspecified atom stereocenters. The molecule has 4 rings (SSSR count). The van der Waals surface area contributed by atoms with Gasteiger partial charge in [-0.2, -0.15) is 4.31 Å². The summed E-state index contributed by atoms with van der Waals surface area (Å²) < 4.78 is 48.4. The zero-order valence-electron chi connectivity index (χ0n) is 18.1. The second kappa shape index (κ2) is 9.40. The number of ether oxygens (including phenoxy) is 1. The zero-order chi connectivity index (χ0) is 24.3. The maximum atomic E-state index is 13.7. The van der Waals surface area contributed by atoms with Gasteiger partial charge in [0.25, 0.3) is 5.91 Å². The lowest BCUT2D eigenvalue weighted by Gasteiger charge is -2.47. The first-order chi connectivity index (χ1) is 16.2. The van der Waals surface area contributed by atoms with Crippen molar-refractivity contribution in [2.75, 3.05) is 6.54 Å². The Labute approximate surface area is 196 Å². The first-order valence-electron chi connectivity index (χ1n) is 10.7. The lowest BCUT2D eigenvalue weighted by Crippen LogP contribution is -2.62. The number of hydrogen-bond donors (Lipinski definition) is 1. The highest BCUT2D eigenvalue weighted by Gasteiger charge is 2.54. The number of sulfonamides is 1. The highest BCUT2D eigenvalue weighted by Crippen LogP contribution is 2.42. The van der Waals surface area contributed by atoms with E-state index in [4.69, 9.17) is 4.74 Å². The van der Waals surface area contributed by atoms with Crippen LogP contribution in [-0.4, -0.2) is 46.4 Å². The van der Waals surface area contributed by atoms with Crippen LogP contribution in [0, 0.1) is 5.82 Å². The largest absolute Gasteiger partial charge is 0.481 e. The van der Waals surface area contributed by atoms with E-state index in [2.05, 4.69) is 0 Å². The van der Waals surface area contributed by atoms with Gasteiger partial charge in [-0.15, -0.1) is 0 Å². The van der Waals surface area contributed by atoms with Gasteiger partial charge in [0.15, 0.2) is 0 Å². The van der Waals surface area contributed by atoms with Gasteiger partial charge in [-0.25, -0.2) is 12.8 Å². The van der Waals surface area contributed by atoms with Crippen LogP contribution >= 0.6 is 0 Å². The molecular formula is C24H23FN2O6S. The molecule has 0 radical (unpaired) electrons. The highest BCUT2D eigenvalue weighted by molar-refractivity contribution is 7.89. The van der Waals surface area contributed by atoms with Gasteiger partial charge < -0.3 is 9.84 Å². The Bertz CT molecular complexity index is 1270. The minimum Gasteiger partial charge on any atom is -0.481 e. The van der Waals surface area contributed by atoms with E-state index in [9.17, 15) is 27.5 Å². The standard InChI is InChI=1S/C24H23FN2O6S/c25-18-4-6-19(7-5-18)33-20-8-10-21(11-9-20)34(31,32)27(17-12-22(28)29)24(13-3-14-24)23(30)26-15-1-2-16-26/h1-2,4-11,15-16H,3,12-14,17H2,(H,28,29). The molecule has 1 heterocycles. The van der Waals surface area contributed by atoms with E-state index in [1.54, 1.807) is 24.5 Å². The van der Waals surface area contributed by atoms with Crippen LogP contribution < -0.4 is 4.74 Å². The van der Waals surface area contributed by atoms with Gasteiger partial charge in [0, 0.05) is 18.9 Å². The number of carbonyl (C=O) groups excluding carboxylic acids is 1. The summed E-state index contributed by atoms with van der Waals surface area (Å²) in [6.45, 7) is -0.335. The van der Waals surface area contributed by atoms with E-state index in [-0.39, 0.29) is 11.4 Å². The SMILES string of the molecule is O=C(O)CCN(C1(C(=O)n2cccc2)CCC1)S(=O)(=O)c1ccc(Oc2ccc(F)cc2)cc1. The third-order valence-corrected chi connectivity index (χ3v) is 7.87. The molecule has 1 aromatic heterocycles. The summed E-state index contributed by atoms with van der Waals surface area (Å²) in [5.74, 6) is -1.26. The Kier molecular flexibility index (Phi) is 6.54. The average molecular weight is 487 g/mol. The van der Waals surface area contributed by atoms with Gasteiger partial charge in [-0.05, 0) is 79.9 Å². The van der Waals surface area contributed by atoms with Crippen molar-refractivity contribution in [2.45, 2.75) is 36.1 Å². The van der Waals surface area contributed by atoms with Gasteiger partial charge in [0.05, 0.1) is 11.3 Å². The second-order valence-corrected chi connectivity index (χ2v) is 9.89. The molecule has 1 fully saturated rings. The monoisotopic (exact) mass is 486 g/mol. The van der Waals surface area contributed by atoms with E-state index >= 15 is 0 Å². The summed E-state index contributed by atoms with van der Waals surface area (Å²) in [5, 5.41) is 9.22. The topological polar surface area (TPSA) is 106 Å². The molecule has 1 aliphatic rings. The average Bonchev–Trinajstić information content (AvgIpc) is 3.31. The Hall–Kier alpha value is -3.50. The van der Waals surface area contributed by atoms with Crippen molar-refractivity contribution < 1.29 is 32.2 Å². The lowest BCUT2D eigenvalue weighted by molar-refractivity contribution is -0.137. The van der Waals surface area contributed by atoms with E-state index in [1.807, 2.05) is 0 Å². The first kappa shape index (κ1) is 23.7. The molecule has 1 N–H and O–H groups in total. The number of carboxylic acid groups (broad SMARTS) is 1. The molecule has 8 nitrogen and oxygen atoms in total. The molecule has 34 heavy (non-hydrogen) atoms. The van der Waals surface area contributed by atoms with Gasteiger partial charge in [0.2, 0.25) is 10.0 Å². The van der Waals surface area contributed by atoms with Crippen molar-refractivity contribution in [3.8, 4) is 11.5 Å². The summed E-state index contributed by atoms with van der Waals surface area (Å²) in [7, 11) is -4.22. The highest BCUT2D eigenvalue weighted by atomic mass is 32.2. The predicted molar refractivity (Wildman–Crippen MR) is 121 cm³/mol. The number of rotatable bonds is 9. The molecule has 1 saturated carbocycles. The molecular weight excluding hydrogens is 463 g/mol. The number of hydrogen-bond acceptors (Lipinski definition) is 5. The van der Waals surface area contributed by atoms with Gasteiger partial charge >= 0.3 is 5.97 Å². The van der Waals surface area contributed by atoms with Gasteiger partial charge in [-0.1, -0.05) is 0 Å². The number of carboxylic acids is 1. The maximum absolute atomic E-state index is 13.7. The van der Waals surface area contributed by atoms with Crippen LogP contribution in [0.5, 0.6) is 11.5 Å². The van der Waals surface area contributed by atoms with E-state index in [0.717, 1.165) is 4.31 Å². The molecule has 178 valence electrons. The van der Waals surface area contributed by atoms with E-state index in [1.165, 1.54) is 53.1 Å². The van der Waals surface area contributed by atoms with Crippen LogP contribution in [0.2, 0.25) is 0 Å². The first-order valence-corrected chi connectivity index (χ1v) is 12.1. The molecule has 1 aliphatic carbocycles. The van der Waals surface area contributed by atoms with Crippen molar-refractivity contribution in [1.29, 1.82) is 0 Å². The lowest BCUT2D eigenvalue weighted by atomic mass is 9.75. The number of halogens is 1. The van der Waals surface area contributed by atoms with Crippen LogP contribution in [0.4, 0.5) is 4.39 Å². The number of benzene rings is 2. The summed E-state index contributed by atoms with van der Waals surface area (Å²) in [4.78, 5) is 24.5. The van der Waals surface area contributed by atoms with Gasteiger partial charge in [0.1, 0.15) is 22.9 Å². The van der Waals surface area contributed by atoms with Crippen molar-refractivity contribution in [1.82, 2.24) is 8.87 Å². The Morgan fingerprint density at radius 1 is 1.00 bits per heavy atom. The fourth-order valence-electron chi connectivity index (χ4n) is 4.00. The minimum absolute atomic E-state index is 0.0871. The van der Waals surface area contributed by atoms with E-state index < -0.39 is 39.7 Å². The molecule has 0 amide bonds. The molecule has 0 spiro atoms. The predicted octanol–water partition coefficient (Wildman–Crippen LogP) is 4.15. The smallest absolute Gasteiger partial charge is 0.304 e. The van der Waals surface area contributed by atoms with Crippen LogP contribution in [0.1, 0.15) is 30.5 Å². The minimum atomic E-state index is -4.22. The third-order valence-electron chi connectivity index (χ3n) is 5.89. The molecule has 3 aromatic rings. The van der Waals surface area contributed by atoms with Crippen molar-refractivity contribution >= 4 is 21.9 Å². The molecule has 0 bridgehead atoms. The number of carbonyl (C=O) groups is 2. The fraction of sp³-hybridized carbons (Fsp3) is 0.250. The molecule has 0 atom stereocenters. The summed E-state index contributed by atoms with van der Waals surface area (Å²) in [6.07, 6.45) is 3.91. The number of aromatic nitrogens is 1. The summed E-state index contributed by atoms with van der Waals surface area (Å²) >= 11 is 0. The number of nitrogens with zero attached hydrogens (tertiary/aromatic N) is 2. The summed E-state index contributed by atoms with van der Waals surface area (Å²) in [5.41, 5.74) is -1.35. The zero-order valence-corrected chi connectivity index (χ0v) is 18.9. The quantitative estimate of drug-likeness (QED) is 0.487. The summed E-state index contributed by atoms with van der Waals surface area (Å²) in [6, 6.07) is 14.3. The van der Waals surface area contributed by atoms with Gasteiger partial charge in [-0.3, -0.25) is 14.2 Å². The van der Waals surface area contributed by atoms with Crippen molar-refractivity contribution in [3.05, 3.63) is 78.9 Å². The second-order valence-electron chi connectivity index (χ2n) is 8.03. The molecule has 0 aliphatic heterocycles. The van der Waals surface area contributed by atoms with Crippen LogP contribution in [0.15, 0.2) is 78.0 Å². The Balaban J connectivity index is 1.64.